The molecule has 2 aliphatic heterocycles. The van der Waals surface area contributed by atoms with E-state index in [0.717, 1.165) is 19.3 Å². The van der Waals surface area contributed by atoms with Crippen LogP contribution in [0.3, 0.4) is 0 Å². The van der Waals surface area contributed by atoms with Crippen molar-refractivity contribution < 1.29 is 18.8 Å². The summed E-state index contributed by atoms with van der Waals surface area (Å²) in [4.78, 5) is 35.3. The first-order valence-electron chi connectivity index (χ1n) is 8.16. The van der Waals surface area contributed by atoms with Gasteiger partial charge in [0, 0.05) is 25.2 Å². The summed E-state index contributed by atoms with van der Waals surface area (Å²) in [6.07, 6.45) is 3.00. The summed E-state index contributed by atoms with van der Waals surface area (Å²) >= 11 is 0. The smallest absolute Gasteiger partial charge is 0.249 e. The first-order valence-corrected chi connectivity index (χ1v) is 8.16. The van der Waals surface area contributed by atoms with Crippen molar-refractivity contribution in [2.45, 2.75) is 37.6 Å². The van der Waals surface area contributed by atoms with Crippen LogP contribution >= 0.6 is 0 Å². The zero-order chi connectivity index (χ0) is 17.1. The Morgan fingerprint density at radius 2 is 1.96 bits per heavy atom. The van der Waals surface area contributed by atoms with Crippen LogP contribution < -0.4 is 10.6 Å². The summed E-state index contributed by atoms with van der Waals surface area (Å²) in [5.41, 5.74) is 1.17. The molecule has 3 amide bonds. The zero-order valence-corrected chi connectivity index (χ0v) is 13.3. The molecule has 1 aromatic rings. The quantitative estimate of drug-likeness (QED) is 0.644. The minimum absolute atomic E-state index is 0.103. The molecule has 1 atom stereocenters. The highest BCUT2D eigenvalue weighted by atomic mass is 19.1. The number of likely N-dealkylation sites (tertiary alicyclic amines) is 1. The van der Waals surface area contributed by atoms with Crippen molar-refractivity contribution in [2.24, 2.45) is 0 Å². The van der Waals surface area contributed by atoms with Crippen molar-refractivity contribution in [3.05, 3.63) is 29.6 Å². The van der Waals surface area contributed by atoms with Gasteiger partial charge in [-0.1, -0.05) is 6.07 Å². The predicted molar refractivity (Wildman–Crippen MR) is 85.8 cm³/mol. The average Bonchev–Trinajstić information content (AvgIpc) is 2.58. The fraction of sp³-hybridized carbons (Fsp3) is 0.471. The Bertz CT molecular complexity index is 656. The third-order valence-corrected chi connectivity index (χ3v) is 4.70. The van der Waals surface area contributed by atoms with E-state index >= 15 is 0 Å². The molecule has 2 fully saturated rings. The van der Waals surface area contributed by atoms with Gasteiger partial charge in [-0.05, 0) is 42.9 Å². The second-order valence-electron chi connectivity index (χ2n) is 6.30. The Kier molecular flexibility index (Phi) is 4.78. The number of carbonyl (C=O) groups excluding carboxylic acids is 3. The van der Waals surface area contributed by atoms with Crippen LogP contribution in [0, 0.1) is 5.82 Å². The van der Waals surface area contributed by atoms with E-state index in [1.165, 1.54) is 6.07 Å². The Balaban J connectivity index is 1.65. The first-order chi connectivity index (χ1) is 11.6. The summed E-state index contributed by atoms with van der Waals surface area (Å²) in [6.45, 7) is 1.29. The van der Waals surface area contributed by atoms with E-state index in [-0.39, 0.29) is 30.0 Å². The lowest BCUT2D eigenvalue weighted by Crippen LogP contribution is -2.47. The second-order valence-corrected chi connectivity index (χ2v) is 6.30. The predicted octanol–water partition coefficient (Wildman–Crippen LogP) is 1.38. The summed E-state index contributed by atoms with van der Waals surface area (Å²) < 4.78 is 14.4. The molecule has 2 aliphatic rings. The molecule has 7 heteroatoms. The van der Waals surface area contributed by atoms with Gasteiger partial charge in [0.25, 0.3) is 0 Å². The number of hydrogen-bond acceptors (Lipinski definition) is 4. The fourth-order valence-corrected chi connectivity index (χ4v) is 3.30. The molecule has 0 bridgehead atoms. The normalized spacial score (nSPS) is 22.2. The van der Waals surface area contributed by atoms with E-state index in [2.05, 4.69) is 10.6 Å². The Morgan fingerprint density at radius 1 is 1.21 bits per heavy atom. The van der Waals surface area contributed by atoms with Gasteiger partial charge in [0.05, 0.1) is 0 Å². The molecule has 0 saturated carbocycles. The molecule has 0 aromatic heterocycles. The number of anilines is 1. The lowest BCUT2D eigenvalue weighted by Gasteiger charge is -2.30. The number of piperidine rings is 2. The highest BCUT2D eigenvalue weighted by Crippen LogP contribution is 2.31. The monoisotopic (exact) mass is 333 g/mol. The van der Waals surface area contributed by atoms with Gasteiger partial charge in [0.15, 0.2) is 0 Å². The van der Waals surface area contributed by atoms with Crippen LogP contribution in [0.2, 0.25) is 0 Å². The SMILES string of the molecule is O=CN1CCC(c2ccc(NC3CCC(=O)NC3=O)cc2F)CC1. The highest BCUT2D eigenvalue weighted by Gasteiger charge is 2.27. The third-order valence-electron chi connectivity index (χ3n) is 4.70. The van der Waals surface area contributed by atoms with Gasteiger partial charge in [-0.15, -0.1) is 0 Å². The number of nitrogens with one attached hydrogen (secondary N) is 2. The van der Waals surface area contributed by atoms with E-state index in [1.807, 2.05) is 0 Å². The molecule has 1 aromatic carbocycles. The van der Waals surface area contributed by atoms with Crippen LogP contribution in [-0.4, -0.2) is 42.3 Å². The van der Waals surface area contributed by atoms with Gasteiger partial charge in [-0.25, -0.2) is 4.39 Å². The zero-order valence-electron chi connectivity index (χ0n) is 13.3. The van der Waals surface area contributed by atoms with E-state index in [9.17, 15) is 18.8 Å². The van der Waals surface area contributed by atoms with Gasteiger partial charge in [-0.2, -0.15) is 0 Å². The Labute approximate surface area is 139 Å². The molecule has 1 unspecified atom stereocenters. The second kappa shape index (κ2) is 6.98. The number of rotatable bonds is 4. The van der Waals surface area contributed by atoms with Crippen molar-refractivity contribution in [3.8, 4) is 0 Å². The molecule has 128 valence electrons. The average molecular weight is 333 g/mol. The van der Waals surface area contributed by atoms with Gasteiger partial charge in [-0.3, -0.25) is 19.7 Å². The van der Waals surface area contributed by atoms with Crippen molar-refractivity contribution in [2.75, 3.05) is 18.4 Å². The maximum absolute atomic E-state index is 14.4. The molecule has 2 heterocycles. The summed E-state index contributed by atoms with van der Waals surface area (Å²) in [5.74, 6) is -0.860. The molecule has 6 nitrogen and oxygen atoms in total. The van der Waals surface area contributed by atoms with Crippen LogP contribution in [0.1, 0.15) is 37.2 Å². The molecule has 0 aliphatic carbocycles. The standard InChI is InChI=1S/C17H20FN3O3/c18-14-9-12(19-15-3-4-16(23)20-17(15)24)1-2-13(14)11-5-7-21(10-22)8-6-11/h1-2,9-11,15,19H,3-8H2,(H,20,23,24). The lowest BCUT2D eigenvalue weighted by atomic mass is 9.89. The lowest BCUT2D eigenvalue weighted by molar-refractivity contribution is -0.133. The molecule has 2 saturated heterocycles. The van der Waals surface area contributed by atoms with Gasteiger partial charge in [0.1, 0.15) is 11.9 Å². The number of imide groups is 1. The van der Waals surface area contributed by atoms with E-state index in [1.54, 1.807) is 17.0 Å². The van der Waals surface area contributed by atoms with Crippen molar-refractivity contribution in [3.63, 3.8) is 0 Å². The minimum Gasteiger partial charge on any atom is -0.374 e. The number of halogens is 1. The largest absolute Gasteiger partial charge is 0.374 e. The fourth-order valence-electron chi connectivity index (χ4n) is 3.30. The van der Waals surface area contributed by atoms with Crippen LogP contribution in [0.4, 0.5) is 10.1 Å². The van der Waals surface area contributed by atoms with Crippen molar-refractivity contribution in [1.82, 2.24) is 10.2 Å². The van der Waals surface area contributed by atoms with Crippen LogP contribution in [0.15, 0.2) is 18.2 Å². The highest BCUT2D eigenvalue weighted by molar-refractivity contribution is 6.01. The van der Waals surface area contributed by atoms with Crippen LogP contribution in [-0.2, 0) is 14.4 Å². The van der Waals surface area contributed by atoms with Gasteiger partial charge >= 0.3 is 0 Å². The number of nitrogens with zero attached hydrogens (tertiary/aromatic N) is 1. The molecule has 2 N–H and O–H groups in total. The Morgan fingerprint density at radius 3 is 2.58 bits per heavy atom. The Hall–Kier alpha value is -2.44. The molecule has 24 heavy (non-hydrogen) atoms. The minimum atomic E-state index is -0.524. The molecular formula is C17H20FN3O3. The number of carbonyl (C=O) groups is 3. The molecule has 0 spiro atoms. The summed E-state index contributed by atoms with van der Waals surface area (Å²) in [5, 5.41) is 5.25. The molecule has 0 radical (unpaired) electrons. The molecular weight excluding hydrogens is 313 g/mol. The van der Waals surface area contributed by atoms with Crippen LogP contribution in [0.25, 0.3) is 0 Å². The maximum atomic E-state index is 14.4. The van der Waals surface area contributed by atoms with Crippen LogP contribution in [0.5, 0.6) is 0 Å². The van der Waals surface area contributed by atoms with Gasteiger partial charge < -0.3 is 10.2 Å². The summed E-state index contributed by atoms with van der Waals surface area (Å²) in [6, 6.07) is 4.37. The first kappa shape index (κ1) is 16.4. The topological polar surface area (TPSA) is 78.5 Å². The summed E-state index contributed by atoms with van der Waals surface area (Å²) in [7, 11) is 0. The van der Waals surface area contributed by atoms with E-state index in [0.29, 0.717) is 30.8 Å². The van der Waals surface area contributed by atoms with Gasteiger partial charge in [0.2, 0.25) is 18.2 Å². The number of benzene rings is 1. The van der Waals surface area contributed by atoms with E-state index in [4.69, 9.17) is 0 Å². The van der Waals surface area contributed by atoms with Crippen molar-refractivity contribution >= 4 is 23.9 Å². The number of amides is 3. The van der Waals surface area contributed by atoms with E-state index < -0.39 is 6.04 Å². The number of hydrogen-bond donors (Lipinski definition) is 2. The maximum Gasteiger partial charge on any atom is 0.249 e. The third kappa shape index (κ3) is 3.55. The van der Waals surface area contributed by atoms with Crippen molar-refractivity contribution in [1.29, 1.82) is 0 Å². The molecule has 3 rings (SSSR count).